The molecule has 0 saturated carbocycles. The second kappa shape index (κ2) is 19.7. The van der Waals surface area contributed by atoms with Gasteiger partial charge in [0.1, 0.15) is 0 Å². The van der Waals surface area contributed by atoms with Gasteiger partial charge >= 0.3 is 0 Å². The van der Waals surface area contributed by atoms with Crippen molar-refractivity contribution in [2.45, 2.75) is 123 Å². The van der Waals surface area contributed by atoms with Gasteiger partial charge < -0.3 is 15.5 Å². The summed E-state index contributed by atoms with van der Waals surface area (Å²) in [6, 6.07) is 15.9. The molecule has 3 aromatic carbocycles. The first-order valence-electron chi connectivity index (χ1n) is 19.1. The fraction of sp³-hybridized carbons (Fsp3) is 0.561. The van der Waals surface area contributed by atoms with Crippen LogP contribution >= 0.6 is 0 Å². The topological polar surface area (TPSA) is 120 Å². The maximum Gasteiger partial charge on any atom is 0.262 e. The molecule has 0 amide bonds. The molecule has 0 atom stereocenters. The number of nitrogens with zero attached hydrogens (tertiary/aromatic N) is 1. The highest BCUT2D eigenvalue weighted by Crippen LogP contribution is 2.37. The molecule has 0 bridgehead atoms. The average molecular weight is 756 g/mol. The van der Waals surface area contributed by atoms with Crippen LogP contribution in [0, 0.1) is 6.92 Å². The smallest absolute Gasteiger partial charge is 0.262 e. The zero-order chi connectivity index (χ0) is 38.6. The van der Waals surface area contributed by atoms with Crippen molar-refractivity contribution in [1.29, 1.82) is 0 Å². The number of sulfonamides is 2. The molecule has 3 aromatic rings. The Morgan fingerprint density at radius 3 is 1.87 bits per heavy atom. The fourth-order valence-electron chi connectivity index (χ4n) is 6.36. The zero-order valence-electron chi connectivity index (χ0n) is 33.3. The number of hydrogen-bond acceptors (Lipinski definition) is 7. The van der Waals surface area contributed by atoms with Crippen molar-refractivity contribution < 1.29 is 16.8 Å². The number of anilines is 5. The molecule has 0 spiro atoms. The van der Waals surface area contributed by atoms with Gasteiger partial charge in [-0.3, -0.25) is 4.72 Å². The van der Waals surface area contributed by atoms with Gasteiger partial charge in [-0.25, -0.2) is 21.6 Å². The molecular weight excluding hydrogens is 691 g/mol. The van der Waals surface area contributed by atoms with Gasteiger partial charge in [0.2, 0.25) is 10.0 Å². The number of nitrogens with one attached hydrogen (secondary N) is 4. The quantitative estimate of drug-likeness (QED) is 0.0754. The highest BCUT2D eigenvalue weighted by molar-refractivity contribution is 7.92. The first kappa shape index (κ1) is 43.1. The van der Waals surface area contributed by atoms with Crippen LogP contribution in [0.15, 0.2) is 53.4 Å². The van der Waals surface area contributed by atoms with E-state index in [0.717, 1.165) is 70.9 Å². The summed E-state index contributed by atoms with van der Waals surface area (Å²) < 4.78 is 57.2. The van der Waals surface area contributed by atoms with Crippen molar-refractivity contribution in [3.8, 4) is 0 Å². The summed E-state index contributed by atoms with van der Waals surface area (Å²) in [5.41, 5.74) is 7.98. The van der Waals surface area contributed by atoms with E-state index in [4.69, 9.17) is 0 Å². The Bertz CT molecular complexity index is 1790. The number of rotatable bonds is 22. The van der Waals surface area contributed by atoms with Gasteiger partial charge in [-0.05, 0) is 96.7 Å². The normalized spacial score (nSPS) is 12.2. The van der Waals surface area contributed by atoms with Gasteiger partial charge in [0.15, 0.2) is 0 Å². The molecule has 0 saturated heterocycles. The lowest BCUT2D eigenvalue weighted by atomic mass is 9.89. The second-order valence-corrected chi connectivity index (χ2v) is 18.4. The molecule has 0 aliphatic heterocycles. The molecule has 0 aliphatic rings. The fourth-order valence-corrected chi connectivity index (χ4v) is 8.57. The molecule has 0 radical (unpaired) electrons. The number of likely N-dealkylation sites (N-methyl/N-ethyl adjacent to an activating group) is 1. The van der Waals surface area contributed by atoms with E-state index in [1.54, 1.807) is 0 Å². The Kier molecular flexibility index (Phi) is 16.3. The lowest BCUT2D eigenvalue weighted by molar-refractivity contribution is 0.586. The van der Waals surface area contributed by atoms with Crippen LogP contribution in [0.4, 0.5) is 28.4 Å². The number of hydrogen-bond donors (Lipinski definition) is 4. The summed E-state index contributed by atoms with van der Waals surface area (Å²) in [6.07, 6.45) is 8.25. The summed E-state index contributed by atoms with van der Waals surface area (Å²) in [5, 5.41) is 7.19. The minimum absolute atomic E-state index is 0.0343. The minimum atomic E-state index is -3.91. The Morgan fingerprint density at radius 1 is 0.692 bits per heavy atom. The minimum Gasteiger partial charge on any atom is -0.383 e. The summed E-state index contributed by atoms with van der Waals surface area (Å²) in [5.74, 6) is 0.355. The summed E-state index contributed by atoms with van der Waals surface area (Å²) in [7, 11) is -7.16. The monoisotopic (exact) mass is 755 g/mol. The third-order valence-electron chi connectivity index (χ3n) is 9.44. The Balaban J connectivity index is 1.95. The standard InChI is InChI=1S/C41H65N5O4S2/c1-11-13-14-15-16-17-22-42-40-28-34(45-52(49,50)41-36(30(5)6)26-33(29(3)4)27-37(41)31(7)8)18-20-39(40)44-38-21-19-35(25-32(38)9)46(12-2)24-23-43-51(10,47)48/h18-21,25-31,42-45H,11-17,22-24H2,1-10H3. The summed E-state index contributed by atoms with van der Waals surface area (Å²) in [4.78, 5) is 2.52. The van der Waals surface area contributed by atoms with Gasteiger partial charge in [0.05, 0.1) is 28.2 Å². The highest BCUT2D eigenvalue weighted by Gasteiger charge is 2.27. The van der Waals surface area contributed by atoms with E-state index in [2.05, 4.69) is 91.6 Å². The molecule has 52 heavy (non-hydrogen) atoms. The first-order valence-corrected chi connectivity index (χ1v) is 22.5. The van der Waals surface area contributed by atoms with E-state index in [1.807, 2.05) is 44.2 Å². The maximum absolute atomic E-state index is 14.3. The highest BCUT2D eigenvalue weighted by atomic mass is 32.2. The first-order chi connectivity index (χ1) is 24.5. The summed E-state index contributed by atoms with van der Waals surface area (Å²) >= 11 is 0. The maximum atomic E-state index is 14.3. The third-order valence-corrected chi connectivity index (χ3v) is 11.7. The molecular formula is C41H65N5O4S2. The zero-order valence-corrected chi connectivity index (χ0v) is 35.0. The Morgan fingerprint density at radius 2 is 1.31 bits per heavy atom. The SMILES string of the molecule is CCCCCCCCNc1cc(NS(=O)(=O)c2c(C(C)C)cc(C(C)C)cc2C(C)C)ccc1Nc1ccc(N(CC)CCNS(C)(=O)=O)cc1C. The lowest BCUT2D eigenvalue weighted by Crippen LogP contribution is -2.34. The number of unbranched alkanes of at least 4 members (excludes halogenated alkanes) is 5. The van der Waals surface area contributed by atoms with E-state index >= 15 is 0 Å². The molecule has 290 valence electrons. The lowest BCUT2D eigenvalue weighted by Gasteiger charge is -2.25. The Labute approximate surface area is 315 Å². The van der Waals surface area contributed by atoms with Crippen LogP contribution in [-0.2, 0) is 20.0 Å². The molecule has 9 nitrogen and oxygen atoms in total. The van der Waals surface area contributed by atoms with Gasteiger partial charge in [-0.1, -0.05) is 92.7 Å². The molecule has 3 rings (SSSR count). The molecule has 0 fully saturated rings. The van der Waals surface area contributed by atoms with Crippen LogP contribution in [0.2, 0.25) is 0 Å². The van der Waals surface area contributed by atoms with Crippen molar-refractivity contribution in [1.82, 2.24) is 4.72 Å². The second-order valence-electron chi connectivity index (χ2n) is 14.9. The molecule has 0 heterocycles. The van der Waals surface area contributed by atoms with Gasteiger partial charge in [0.25, 0.3) is 10.0 Å². The average Bonchev–Trinajstić information content (AvgIpc) is 3.06. The Hall–Kier alpha value is -3.28. The van der Waals surface area contributed by atoms with E-state index in [0.29, 0.717) is 23.7 Å². The molecule has 0 aromatic heterocycles. The van der Waals surface area contributed by atoms with E-state index in [-0.39, 0.29) is 17.8 Å². The van der Waals surface area contributed by atoms with E-state index in [9.17, 15) is 16.8 Å². The molecule has 0 unspecified atom stereocenters. The van der Waals surface area contributed by atoms with Crippen LogP contribution in [0.1, 0.15) is 134 Å². The van der Waals surface area contributed by atoms with Gasteiger partial charge in [-0.15, -0.1) is 0 Å². The van der Waals surface area contributed by atoms with Crippen molar-refractivity contribution in [2.24, 2.45) is 0 Å². The van der Waals surface area contributed by atoms with Crippen LogP contribution in [0.3, 0.4) is 0 Å². The predicted octanol–water partition coefficient (Wildman–Crippen LogP) is 10.1. The van der Waals surface area contributed by atoms with Crippen molar-refractivity contribution in [2.75, 3.05) is 52.7 Å². The molecule has 0 aliphatic carbocycles. The van der Waals surface area contributed by atoms with Crippen LogP contribution in [0.25, 0.3) is 0 Å². The van der Waals surface area contributed by atoms with Crippen LogP contribution in [0.5, 0.6) is 0 Å². The molecule has 4 N–H and O–H groups in total. The van der Waals surface area contributed by atoms with Crippen molar-refractivity contribution >= 4 is 48.5 Å². The van der Waals surface area contributed by atoms with E-state index < -0.39 is 20.0 Å². The predicted molar refractivity (Wildman–Crippen MR) is 223 cm³/mol. The van der Waals surface area contributed by atoms with Gasteiger partial charge in [-0.2, -0.15) is 0 Å². The van der Waals surface area contributed by atoms with Crippen LogP contribution in [-0.4, -0.2) is 49.3 Å². The number of benzene rings is 3. The third kappa shape index (κ3) is 12.7. The summed E-state index contributed by atoms with van der Waals surface area (Å²) in [6.45, 7) is 21.2. The van der Waals surface area contributed by atoms with Crippen molar-refractivity contribution in [3.05, 3.63) is 70.8 Å². The molecule has 11 heteroatoms. The van der Waals surface area contributed by atoms with E-state index in [1.165, 1.54) is 31.9 Å². The largest absolute Gasteiger partial charge is 0.383 e. The van der Waals surface area contributed by atoms with Gasteiger partial charge in [0, 0.05) is 37.6 Å². The number of aryl methyl sites for hydroxylation is 1. The van der Waals surface area contributed by atoms with Crippen molar-refractivity contribution in [3.63, 3.8) is 0 Å². The van der Waals surface area contributed by atoms with Crippen LogP contribution < -0.4 is 25.0 Å².